The molecule has 0 saturated carbocycles. The van der Waals surface area contributed by atoms with Crippen LogP contribution in [0.3, 0.4) is 0 Å². The smallest absolute Gasteiger partial charge is 0.0738 e. The van der Waals surface area contributed by atoms with Crippen LogP contribution in [0.4, 0.5) is 0 Å². The Kier molecular flexibility index (Phi) is 4.13. The van der Waals surface area contributed by atoms with Gasteiger partial charge in [-0.05, 0) is 19.4 Å². The molecule has 1 heterocycles. The number of hydrogen-bond donors (Lipinski definition) is 1. The Morgan fingerprint density at radius 1 is 1.75 bits per heavy atom. The van der Waals surface area contributed by atoms with Gasteiger partial charge in [-0.25, -0.2) is 0 Å². The second-order valence-electron chi connectivity index (χ2n) is 3.12. The molecule has 0 amide bonds. The predicted molar refractivity (Wildman–Crippen MR) is 49.9 cm³/mol. The first-order valence-electron chi connectivity index (χ1n) is 4.67. The van der Waals surface area contributed by atoms with Crippen molar-refractivity contribution < 1.29 is 4.74 Å². The summed E-state index contributed by atoms with van der Waals surface area (Å²) in [6.07, 6.45) is 8.74. The third-order valence-electron chi connectivity index (χ3n) is 2.22. The largest absolute Gasteiger partial charge is 0.377 e. The fourth-order valence-corrected chi connectivity index (χ4v) is 1.64. The van der Waals surface area contributed by atoms with Crippen LogP contribution in [0.25, 0.3) is 0 Å². The van der Waals surface area contributed by atoms with Crippen LogP contribution in [0.2, 0.25) is 0 Å². The third kappa shape index (κ3) is 2.51. The Labute approximate surface area is 74.7 Å². The highest BCUT2D eigenvalue weighted by Gasteiger charge is 2.24. The molecule has 1 fully saturated rings. The van der Waals surface area contributed by atoms with Crippen molar-refractivity contribution in [1.29, 1.82) is 0 Å². The third-order valence-corrected chi connectivity index (χ3v) is 2.22. The van der Waals surface area contributed by atoms with Crippen molar-refractivity contribution in [3.8, 4) is 12.3 Å². The van der Waals surface area contributed by atoms with Crippen molar-refractivity contribution in [3.63, 3.8) is 0 Å². The van der Waals surface area contributed by atoms with Gasteiger partial charge in [0, 0.05) is 19.1 Å². The van der Waals surface area contributed by atoms with Crippen molar-refractivity contribution >= 4 is 0 Å². The Hall–Kier alpha value is -0.520. The van der Waals surface area contributed by atoms with Crippen molar-refractivity contribution in [2.45, 2.75) is 38.3 Å². The highest BCUT2D eigenvalue weighted by atomic mass is 16.5. The van der Waals surface area contributed by atoms with Gasteiger partial charge in [0.15, 0.2) is 0 Å². The van der Waals surface area contributed by atoms with Gasteiger partial charge in [-0.2, -0.15) is 0 Å². The normalized spacial score (nSPS) is 25.2. The molecular weight excluding hydrogens is 150 g/mol. The SMILES string of the molecule is C#CCC(NCC)C1CCCO1. The molecule has 1 aliphatic heterocycles. The molecule has 2 nitrogen and oxygen atoms in total. The monoisotopic (exact) mass is 167 g/mol. The van der Waals surface area contributed by atoms with Crippen LogP contribution in [-0.4, -0.2) is 25.3 Å². The molecule has 2 heteroatoms. The van der Waals surface area contributed by atoms with E-state index in [2.05, 4.69) is 18.2 Å². The Morgan fingerprint density at radius 2 is 2.58 bits per heavy atom. The maximum atomic E-state index is 5.56. The summed E-state index contributed by atoms with van der Waals surface area (Å²) in [7, 11) is 0. The zero-order valence-electron chi connectivity index (χ0n) is 7.68. The summed E-state index contributed by atoms with van der Waals surface area (Å²) in [4.78, 5) is 0. The number of terminal acetylenes is 1. The lowest BCUT2D eigenvalue weighted by Crippen LogP contribution is -2.39. The fourth-order valence-electron chi connectivity index (χ4n) is 1.64. The second kappa shape index (κ2) is 5.18. The average molecular weight is 167 g/mol. The summed E-state index contributed by atoms with van der Waals surface area (Å²) in [5.41, 5.74) is 0. The van der Waals surface area contributed by atoms with Gasteiger partial charge in [0.25, 0.3) is 0 Å². The number of rotatable bonds is 4. The van der Waals surface area contributed by atoms with Crippen molar-refractivity contribution in [2.75, 3.05) is 13.2 Å². The van der Waals surface area contributed by atoms with Crippen LogP contribution in [0.5, 0.6) is 0 Å². The quantitative estimate of drug-likeness (QED) is 0.635. The van der Waals surface area contributed by atoms with Crippen LogP contribution < -0.4 is 5.32 Å². The minimum absolute atomic E-state index is 0.348. The molecule has 0 aromatic carbocycles. The molecule has 12 heavy (non-hydrogen) atoms. The predicted octanol–water partition coefficient (Wildman–Crippen LogP) is 1.17. The van der Waals surface area contributed by atoms with Gasteiger partial charge in [-0.3, -0.25) is 0 Å². The van der Waals surface area contributed by atoms with Crippen molar-refractivity contribution in [3.05, 3.63) is 0 Å². The summed E-state index contributed by atoms with van der Waals surface area (Å²) in [5, 5.41) is 3.36. The number of ether oxygens (including phenoxy) is 1. The summed E-state index contributed by atoms with van der Waals surface area (Å²) in [6, 6.07) is 0.363. The summed E-state index contributed by atoms with van der Waals surface area (Å²) in [5.74, 6) is 2.69. The highest BCUT2D eigenvalue weighted by Crippen LogP contribution is 2.17. The van der Waals surface area contributed by atoms with E-state index in [0.717, 1.165) is 26.0 Å². The van der Waals surface area contributed by atoms with Gasteiger partial charge < -0.3 is 10.1 Å². The minimum atomic E-state index is 0.348. The van der Waals surface area contributed by atoms with Gasteiger partial charge in [0.1, 0.15) is 0 Å². The second-order valence-corrected chi connectivity index (χ2v) is 3.12. The molecule has 0 aromatic heterocycles. The first-order valence-corrected chi connectivity index (χ1v) is 4.67. The molecule has 0 bridgehead atoms. The Bertz CT molecular complexity index is 156. The van der Waals surface area contributed by atoms with E-state index >= 15 is 0 Å². The van der Waals surface area contributed by atoms with E-state index in [1.807, 2.05) is 0 Å². The molecule has 68 valence electrons. The maximum Gasteiger partial charge on any atom is 0.0738 e. The molecular formula is C10H17NO. The van der Waals surface area contributed by atoms with E-state index in [4.69, 9.17) is 11.2 Å². The van der Waals surface area contributed by atoms with E-state index in [9.17, 15) is 0 Å². The van der Waals surface area contributed by atoms with E-state index < -0.39 is 0 Å². The van der Waals surface area contributed by atoms with Gasteiger partial charge in [0.2, 0.25) is 0 Å². The van der Waals surface area contributed by atoms with Gasteiger partial charge >= 0.3 is 0 Å². The molecule has 2 atom stereocenters. The number of likely N-dealkylation sites (N-methyl/N-ethyl adjacent to an activating group) is 1. The topological polar surface area (TPSA) is 21.3 Å². The standard InChI is InChI=1S/C10H17NO/c1-3-6-9(11-4-2)10-7-5-8-12-10/h1,9-11H,4-8H2,2H3. The van der Waals surface area contributed by atoms with E-state index in [1.165, 1.54) is 6.42 Å². The zero-order chi connectivity index (χ0) is 8.81. The van der Waals surface area contributed by atoms with Gasteiger partial charge in [0.05, 0.1) is 6.10 Å². The van der Waals surface area contributed by atoms with Crippen LogP contribution >= 0.6 is 0 Å². The first-order chi connectivity index (χ1) is 5.88. The molecule has 1 N–H and O–H groups in total. The van der Waals surface area contributed by atoms with Crippen LogP contribution in [-0.2, 0) is 4.74 Å². The van der Waals surface area contributed by atoms with Crippen LogP contribution in [0.1, 0.15) is 26.2 Å². The molecule has 0 aliphatic carbocycles. The lowest BCUT2D eigenvalue weighted by Gasteiger charge is -2.21. The molecule has 1 rings (SSSR count). The molecule has 0 radical (unpaired) electrons. The molecule has 0 aromatic rings. The van der Waals surface area contributed by atoms with Crippen LogP contribution in [0, 0.1) is 12.3 Å². The molecule has 1 aliphatic rings. The lowest BCUT2D eigenvalue weighted by molar-refractivity contribution is 0.0803. The number of nitrogens with one attached hydrogen (secondary N) is 1. The van der Waals surface area contributed by atoms with E-state index in [0.29, 0.717) is 12.1 Å². The molecule has 2 unspecified atom stereocenters. The van der Waals surface area contributed by atoms with Crippen molar-refractivity contribution in [1.82, 2.24) is 5.32 Å². The Morgan fingerprint density at radius 3 is 3.08 bits per heavy atom. The highest BCUT2D eigenvalue weighted by molar-refractivity contribution is 4.93. The van der Waals surface area contributed by atoms with E-state index in [1.54, 1.807) is 0 Å². The van der Waals surface area contributed by atoms with Gasteiger partial charge in [-0.15, -0.1) is 12.3 Å². The molecule has 1 saturated heterocycles. The summed E-state index contributed by atoms with van der Waals surface area (Å²) in [6.45, 7) is 3.96. The average Bonchev–Trinajstić information content (AvgIpc) is 2.56. The number of hydrogen-bond acceptors (Lipinski definition) is 2. The van der Waals surface area contributed by atoms with Gasteiger partial charge in [-0.1, -0.05) is 6.92 Å². The fraction of sp³-hybridized carbons (Fsp3) is 0.800. The summed E-state index contributed by atoms with van der Waals surface area (Å²) >= 11 is 0. The zero-order valence-corrected chi connectivity index (χ0v) is 7.68. The molecule has 0 spiro atoms. The van der Waals surface area contributed by atoms with Crippen LogP contribution in [0.15, 0.2) is 0 Å². The minimum Gasteiger partial charge on any atom is -0.377 e. The van der Waals surface area contributed by atoms with Crippen molar-refractivity contribution in [2.24, 2.45) is 0 Å². The lowest BCUT2D eigenvalue weighted by atomic mass is 10.1. The maximum absolute atomic E-state index is 5.56. The first kappa shape index (κ1) is 9.57. The van der Waals surface area contributed by atoms with E-state index in [-0.39, 0.29) is 0 Å². The Balaban J connectivity index is 2.35. The summed E-state index contributed by atoms with van der Waals surface area (Å²) < 4.78 is 5.56.